The number of aliphatic carboxylic acids is 1. The molecule has 0 radical (unpaired) electrons. The van der Waals surface area contributed by atoms with Gasteiger partial charge >= 0.3 is 5.97 Å². The van der Waals surface area contributed by atoms with Gasteiger partial charge in [-0.15, -0.1) is 0 Å². The van der Waals surface area contributed by atoms with Crippen molar-refractivity contribution in [3.8, 4) is 5.75 Å². The van der Waals surface area contributed by atoms with Gasteiger partial charge in [0.15, 0.2) is 0 Å². The Morgan fingerprint density at radius 1 is 1.06 bits per heavy atom. The largest absolute Gasteiger partial charge is 0.489 e. The average Bonchev–Trinajstić information content (AvgIpc) is 3.44. The van der Waals surface area contributed by atoms with Crippen molar-refractivity contribution in [2.24, 2.45) is 0 Å². The number of carboxylic acid groups (broad SMARTS) is 1. The first kappa shape index (κ1) is 23.7. The lowest BCUT2D eigenvalue weighted by atomic mass is 10.0. The fraction of sp³-hybridized carbons (Fsp3) is 0.462. The van der Waals surface area contributed by atoms with Crippen LogP contribution in [-0.2, 0) is 24.5 Å². The number of hydrogen-bond acceptors (Lipinski definition) is 7. The van der Waals surface area contributed by atoms with E-state index in [4.69, 9.17) is 4.74 Å². The summed E-state index contributed by atoms with van der Waals surface area (Å²) in [6, 6.07) is 12.6. The molecular weight excluding hydrogens is 450 g/mol. The van der Waals surface area contributed by atoms with Crippen LogP contribution in [0.3, 0.4) is 0 Å². The molecule has 5 rings (SSSR count). The summed E-state index contributed by atoms with van der Waals surface area (Å²) in [5, 5.41) is 32.1. The maximum Gasteiger partial charge on any atom is 0.320 e. The van der Waals surface area contributed by atoms with Gasteiger partial charge < -0.3 is 25.0 Å². The Morgan fingerprint density at radius 2 is 1.83 bits per heavy atom. The summed E-state index contributed by atoms with van der Waals surface area (Å²) in [5.41, 5.74) is 3.43. The van der Waals surface area contributed by atoms with Crippen LogP contribution in [-0.4, -0.2) is 68.1 Å². The number of aliphatic hydroxyl groups excluding tert-OH is 2. The predicted molar refractivity (Wildman–Crippen MR) is 126 cm³/mol. The Morgan fingerprint density at radius 3 is 2.57 bits per heavy atom. The Labute approximate surface area is 203 Å². The monoisotopic (exact) mass is 481 g/mol. The van der Waals surface area contributed by atoms with Gasteiger partial charge in [0.25, 0.3) is 5.91 Å². The topological polar surface area (TPSA) is 123 Å². The van der Waals surface area contributed by atoms with E-state index in [1.54, 1.807) is 17.0 Å². The lowest BCUT2D eigenvalue weighted by Crippen LogP contribution is -2.56. The molecule has 9 nitrogen and oxygen atoms in total. The Bertz CT molecular complexity index is 1090. The molecule has 4 unspecified atom stereocenters. The molecule has 9 heteroatoms. The molecular formula is C26H31N3O6. The number of amides is 1. The number of benzene rings is 2. The highest BCUT2D eigenvalue weighted by Crippen LogP contribution is 2.34. The van der Waals surface area contributed by atoms with Crippen molar-refractivity contribution in [2.75, 3.05) is 6.54 Å². The number of fused-ring (bicyclic) bond motifs is 1. The first-order chi connectivity index (χ1) is 16.9. The smallest absolute Gasteiger partial charge is 0.320 e. The summed E-state index contributed by atoms with van der Waals surface area (Å²) < 4.78 is 6.10. The number of likely N-dealkylation sites (tertiary alicyclic amines) is 1. The fourth-order valence-electron chi connectivity index (χ4n) is 5.36. The third kappa shape index (κ3) is 4.90. The van der Waals surface area contributed by atoms with Crippen LogP contribution in [0.25, 0.3) is 0 Å². The van der Waals surface area contributed by atoms with Gasteiger partial charge in [-0.25, -0.2) is 0 Å². The summed E-state index contributed by atoms with van der Waals surface area (Å²) in [7, 11) is 0. The van der Waals surface area contributed by atoms with Crippen LogP contribution >= 0.6 is 0 Å². The lowest BCUT2D eigenvalue weighted by Gasteiger charge is -2.37. The van der Waals surface area contributed by atoms with Crippen LogP contribution in [0.15, 0.2) is 42.5 Å². The molecule has 3 heterocycles. The summed E-state index contributed by atoms with van der Waals surface area (Å²) in [6.07, 6.45) is 0.841. The van der Waals surface area contributed by atoms with Gasteiger partial charge in [-0.1, -0.05) is 30.3 Å². The molecule has 3 aliphatic heterocycles. The zero-order valence-corrected chi connectivity index (χ0v) is 19.5. The second-order valence-electron chi connectivity index (χ2n) is 9.56. The van der Waals surface area contributed by atoms with E-state index in [-0.39, 0.29) is 5.91 Å². The molecule has 1 amide bonds. The molecule has 2 saturated heterocycles. The first-order valence-corrected chi connectivity index (χ1v) is 12.1. The van der Waals surface area contributed by atoms with Gasteiger partial charge in [0.2, 0.25) is 0 Å². The van der Waals surface area contributed by atoms with Crippen molar-refractivity contribution >= 4 is 11.9 Å². The zero-order valence-electron chi connectivity index (χ0n) is 19.5. The number of carbonyl (C=O) groups excluding carboxylic acids is 1. The van der Waals surface area contributed by atoms with E-state index < -0.39 is 30.5 Å². The first-order valence-electron chi connectivity index (χ1n) is 12.1. The molecule has 4 N–H and O–H groups in total. The van der Waals surface area contributed by atoms with Crippen LogP contribution in [0.4, 0.5) is 0 Å². The zero-order chi connectivity index (χ0) is 24.5. The van der Waals surface area contributed by atoms with Gasteiger partial charge in [-0.3, -0.25) is 19.8 Å². The number of hydrogen-bond donors (Lipinski definition) is 4. The summed E-state index contributed by atoms with van der Waals surface area (Å²) >= 11 is 0. The maximum absolute atomic E-state index is 13.0. The van der Waals surface area contributed by atoms with E-state index in [0.717, 1.165) is 29.7 Å². The molecule has 186 valence electrons. The van der Waals surface area contributed by atoms with Crippen molar-refractivity contribution in [1.82, 2.24) is 15.1 Å². The van der Waals surface area contributed by atoms with E-state index in [0.29, 0.717) is 50.3 Å². The van der Waals surface area contributed by atoms with Crippen LogP contribution in [0, 0.1) is 0 Å². The highest BCUT2D eigenvalue weighted by Gasteiger charge is 2.40. The Hall–Kier alpha value is -2.98. The summed E-state index contributed by atoms with van der Waals surface area (Å²) in [4.78, 5) is 28.1. The molecule has 3 aliphatic rings. The van der Waals surface area contributed by atoms with Gasteiger partial charge in [-0.05, 0) is 55.5 Å². The molecule has 2 fully saturated rings. The molecule has 2 aromatic carbocycles. The molecule has 0 saturated carbocycles. The minimum atomic E-state index is -0.980. The minimum Gasteiger partial charge on any atom is -0.489 e. The van der Waals surface area contributed by atoms with Gasteiger partial charge in [0.1, 0.15) is 30.9 Å². The molecule has 0 spiro atoms. The normalized spacial score (nSPS) is 26.7. The highest BCUT2D eigenvalue weighted by molar-refractivity contribution is 5.99. The fourth-order valence-corrected chi connectivity index (χ4v) is 5.36. The molecule has 0 bridgehead atoms. The van der Waals surface area contributed by atoms with E-state index in [2.05, 4.69) is 5.32 Å². The standard InChI is InChI=1S/C26H31N3O6/c30-23-11-10-20(24(31)27-23)29-14-19-18(25(29)32)3-1-5-22(19)35-15-17-8-6-16(7-9-17)13-28-12-2-4-21(28)26(33)34/h1,3,5-9,20-21,23-24,27,30-31H,2,4,10-15H2,(H,33,34). The predicted octanol–water partition coefficient (Wildman–Crippen LogP) is 1.66. The van der Waals surface area contributed by atoms with E-state index in [1.807, 2.05) is 35.2 Å². The number of rotatable bonds is 7. The average molecular weight is 482 g/mol. The highest BCUT2D eigenvalue weighted by atomic mass is 16.5. The molecule has 0 aromatic heterocycles. The Balaban J connectivity index is 1.22. The van der Waals surface area contributed by atoms with E-state index in [9.17, 15) is 24.9 Å². The Kier molecular flexibility index (Phi) is 6.75. The van der Waals surface area contributed by atoms with Crippen LogP contribution < -0.4 is 10.1 Å². The third-order valence-corrected chi connectivity index (χ3v) is 7.27. The maximum atomic E-state index is 13.0. The summed E-state index contributed by atoms with van der Waals surface area (Å²) in [5.74, 6) is -0.257. The number of ether oxygens (including phenoxy) is 1. The number of aliphatic hydroxyl groups is 2. The van der Waals surface area contributed by atoms with Gasteiger partial charge in [0.05, 0.1) is 12.6 Å². The number of carboxylic acids is 1. The summed E-state index contributed by atoms with van der Waals surface area (Å²) in [6.45, 7) is 2.10. The SMILES string of the molecule is O=C(O)C1CCCN1Cc1ccc(COc2cccc3c2CN(C2CCC(O)NC2O)C3=O)cc1. The number of carbonyl (C=O) groups is 2. The third-order valence-electron chi connectivity index (χ3n) is 7.27. The van der Waals surface area contributed by atoms with Crippen LogP contribution in [0.1, 0.15) is 52.7 Å². The second kappa shape index (κ2) is 9.94. The van der Waals surface area contributed by atoms with Crippen molar-refractivity contribution < 1.29 is 29.6 Å². The van der Waals surface area contributed by atoms with Crippen molar-refractivity contribution in [2.45, 2.75) is 69.9 Å². The number of nitrogens with zero attached hydrogens (tertiary/aromatic N) is 2. The second-order valence-corrected chi connectivity index (χ2v) is 9.56. The number of nitrogens with one attached hydrogen (secondary N) is 1. The molecule has 4 atom stereocenters. The van der Waals surface area contributed by atoms with Crippen molar-refractivity contribution in [3.63, 3.8) is 0 Å². The minimum absolute atomic E-state index is 0.140. The molecule has 35 heavy (non-hydrogen) atoms. The lowest BCUT2D eigenvalue weighted by molar-refractivity contribution is -0.142. The van der Waals surface area contributed by atoms with Crippen molar-refractivity contribution in [1.29, 1.82) is 0 Å². The van der Waals surface area contributed by atoms with Gasteiger partial charge in [-0.2, -0.15) is 0 Å². The van der Waals surface area contributed by atoms with Crippen LogP contribution in [0.2, 0.25) is 0 Å². The quantitative estimate of drug-likeness (QED) is 0.471. The van der Waals surface area contributed by atoms with E-state index in [1.165, 1.54) is 0 Å². The molecule has 0 aliphatic carbocycles. The van der Waals surface area contributed by atoms with E-state index >= 15 is 0 Å². The van der Waals surface area contributed by atoms with Crippen LogP contribution in [0.5, 0.6) is 5.75 Å². The van der Waals surface area contributed by atoms with Gasteiger partial charge in [0, 0.05) is 17.7 Å². The number of piperidine rings is 1. The van der Waals surface area contributed by atoms with Crippen molar-refractivity contribution in [3.05, 3.63) is 64.7 Å². The molecule has 2 aromatic rings.